The average Bonchev–Trinajstić information content (AvgIpc) is 2.42. The summed E-state index contributed by atoms with van der Waals surface area (Å²) in [5, 5.41) is 0. The summed E-state index contributed by atoms with van der Waals surface area (Å²) in [5.74, 6) is 0. The molecule has 4 heteroatoms. The fourth-order valence-electron chi connectivity index (χ4n) is 4.70. The van der Waals surface area contributed by atoms with E-state index < -0.39 is 22.5 Å². The van der Waals surface area contributed by atoms with E-state index in [1.165, 1.54) is 70.3 Å². The average molecular weight is 387 g/mol. The Morgan fingerprint density at radius 3 is 1.67 bits per heavy atom. The predicted molar refractivity (Wildman–Crippen MR) is 119 cm³/mol. The topological polar surface area (TPSA) is 9.23 Å². The summed E-state index contributed by atoms with van der Waals surface area (Å²) < 4.78 is 6.92. The molecule has 1 nitrogen and oxygen atoms in total. The lowest BCUT2D eigenvalue weighted by Crippen LogP contribution is -2.78. The van der Waals surface area contributed by atoms with E-state index in [0.29, 0.717) is 0 Å². The highest BCUT2D eigenvalue weighted by Gasteiger charge is 2.61. The highest BCUT2D eigenvalue weighted by molar-refractivity contribution is 7.67. The van der Waals surface area contributed by atoms with Crippen molar-refractivity contribution < 1.29 is 4.43 Å². The van der Waals surface area contributed by atoms with Crippen LogP contribution in [0.4, 0.5) is 0 Å². The van der Waals surface area contributed by atoms with Gasteiger partial charge in [-0.1, -0.05) is 90.9 Å². The van der Waals surface area contributed by atoms with Crippen LogP contribution in [0.2, 0.25) is 45.3 Å². The molecule has 0 saturated carbocycles. The molecule has 0 spiro atoms. The Morgan fingerprint density at radius 1 is 0.750 bits per heavy atom. The van der Waals surface area contributed by atoms with Crippen molar-refractivity contribution in [3.8, 4) is 0 Å². The van der Waals surface area contributed by atoms with Gasteiger partial charge in [-0.15, -0.1) is 0 Å². The molecule has 1 fully saturated rings. The summed E-state index contributed by atoms with van der Waals surface area (Å²) >= 11 is 0. The molecule has 0 N–H and O–H groups in total. The molecule has 1 aliphatic heterocycles. The van der Waals surface area contributed by atoms with E-state index in [-0.39, 0.29) is 5.60 Å². The molecule has 1 aliphatic rings. The van der Waals surface area contributed by atoms with Gasteiger partial charge in [-0.2, -0.15) is 0 Å². The summed E-state index contributed by atoms with van der Waals surface area (Å²) in [6.45, 7) is 20.4. The molecular formula is C20H46OSi3. The molecule has 1 heterocycles. The molecule has 0 radical (unpaired) electrons. The van der Waals surface area contributed by atoms with Crippen LogP contribution in [0.1, 0.15) is 78.1 Å². The van der Waals surface area contributed by atoms with Crippen molar-refractivity contribution in [2.24, 2.45) is 0 Å². The molecule has 0 aromatic rings. The largest absolute Gasteiger partial charge is 0.415 e. The SMILES string of the molecule is CCCCCCCCCCCC1(C)C[Si](C)(C)[Si](C)(C)[Si](C)(C)O1. The standard InChI is InChI=1S/C20H46OSi3/c1-9-10-11-12-13-14-15-16-17-18-20(2)19-22(3,4)24(7,8)23(5,6)21-20/h9-19H2,1-8H3. The van der Waals surface area contributed by atoms with Crippen LogP contribution in [0.5, 0.6) is 0 Å². The third-order valence-corrected chi connectivity index (χ3v) is 47.9. The quantitative estimate of drug-likeness (QED) is 0.279. The van der Waals surface area contributed by atoms with Crippen molar-refractivity contribution in [1.82, 2.24) is 0 Å². The van der Waals surface area contributed by atoms with Crippen LogP contribution in [0, 0.1) is 0 Å². The van der Waals surface area contributed by atoms with Crippen molar-refractivity contribution in [2.45, 2.75) is 129 Å². The first kappa shape index (κ1) is 22.7. The number of hydrogen-bond donors (Lipinski definition) is 0. The maximum atomic E-state index is 6.92. The van der Waals surface area contributed by atoms with Crippen LogP contribution >= 0.6 is 0 Å². The molecule has 1 unspecified atom stereocenters. The Hall–Kier alpha value is 0.611. The van der Waals surface area contributed by atoms with Gasteiger partial charge >= 0.3 is 0 Å². The van der Waals surface area contributed by atoms with Gasteiger partial charge in [0.05, 0.1) is 12.7 Å². The minimum Gasteiger partial charge on any atom is -0.415 e. The maximum absolute atomic E-state index is 6.92. The Balaban J connectivity index is 2.35. The zero-order valence-corrected chi connectivity index (χ0v) is 21.2. The molecular weight excluding hydrogens is 340 g/mol. The van der Waals surface area contributed by atoms with Crippen LogP contribution in [0.25, 0.3) is 0 Å². The van der Waals surface area contributed by atoms with E-state index in [0.717, 1.165) is 0 Å². The highest BCUT2D eigenvalue weighted by Crippen LogP contribution is 2.45. The van der Waals surface area contributed by atoms with Crippen molar-refractivity contribution in [3.05, 3.63) is 0 Å². The van der Waals surface area contributed by atoms with Crippen LogP contribution in [-0.2, 0) is 4.43 Å². The van der Waals surface area contributed by atoms with Gasteiger partial charge in [0.1, 0.15) is 0 Å². The summed E-state index contributed by atoms with van der Waals surface area (Å²) in [7, 11) is -3.75. The second-order valence-corrected chi connectivity index (χ2v) is 37.6. The van der Waals surface area contributed by atoms with Crippen LogP contribution in [-0.4, -0.2) is 28.1 Å². The normalized spacial score (nSPS) is 28.0. The van der Waals surface area contributed by atoms with Gasteiger partial charge in [-0.25, -0.2) is 0 Å². The van der Waals surface area contributed by atoms with Gasteiger partial charge in [0.2, 0.25) is 0 Å². The van der Waals surface area contributed by atoms with E-state index >= 15 is 0 Å². The van der Waals surface area contributed by atoms with Gasteiger partial charge in [-0.3, -0.25) is 0 Å². The molecule has 0 bridgehead atoms. The first-order valence-corrected chi connectivity index (χ1v) is 21.8. The molecule has 1 atom stereocenters. The monoisotopic (exact) mass is 386 g/mol. The van der Waals surface area contributed by atoms with Gasteiger partial charge in [0.15, 0.2) is 7.83 Å². The van der Waals surface area contributed by atoms with E-state index in [4.69, 9.17) is 4.43 Å². The highest BCUT2D eigenvalue weighted by atomic mass is 29.6. The van der Waals surface area contributed by atoms with E-state index in [9.17, 15) is 0 Å². The van der Waals surface area contributed by atoms with E-state index in [1.54, 1.807) is 0 Å². The molecule has 24 heavy (non-hydrogen) atoms. The Labute approximate surface area is 156 Å². The summed E-state index contributed by atoms with van der Waals surface area (Å²) in [5.41, 5.74) is 0.203. The maximum Gasteiger partial charge on any atom is 0.172 e. The second kappa shape index (κ2) is 9.01. The lowest BCUT2D eigenvalue weighted by molar-refractivity contribution is 0.0877. The van der Waals surface area contributed by atoms with Crippen LogP contribution < -0.4 is 0 Å². The van der Waals surface area contributed by atoms with Crippen LogP contribution in [0.15, 0.2) is 0 Å². The first-order chi connectivity index (χ1) is 11.0. The predicted octanol–water partition coefficient (Wildman–Crippen LogP) is 7.47. The summed E-state index contributed by atoms with van der Waals surface area (Å²) in [6, 6.07) is 1.41. The minimum absolute atomic E-state index is 0.203. The van der Waals surface area contributed by atoms with Crippen molar-refractivity contribution in [2.75, 3.05) is 0 Å². The fourth-order valence-corrected chi connectivity index (χ4v) is 35.5. The lowest BCUT2D eigenvalue weighted by atomic mass is 9.99. The zero-order valence-electron chi connectivity index (χ0n) is 18.2. The molecule has 1 saturated heterocycles. The number of rotatable bonds is 10. The van der Waals surface area contributed by atoms with E-state index in [2.05, 4.69) is 53.1 Å². The van der Waals surface area contributed by atoms with Gasteiger partial charge in [0, 0.05) is 7.59 Å². The van der Waals surface area contributed by atoms with Crippen LogP contribution in [0.3, 0.4) is 0 Å². The molecule has 144 valence electrons. The minimum atomic E-state index is -1.48. The molecule has 0 amide bonds. The first-order valence-electron chi connectivity index (χ1n) is 10.7. The molecule has 0 aliphatic carbocycles. The van der Waals surface area contributed by atoms with Crippen molar-refractivity contribution >= 4 is 22.5 Å². The summed E-state index contributed by atoms with van der Waals surface area (Å²) in [4.78, 5) is 0. The lowest BCUT2D eigenvalue weighted by Gasteiger charge is -2.58. The fraction of sp³-hybridized carbons (Fsp3) is 1.00. The third-order valence-electron chi connectivity index (χ3n) is 7.32. The Kier molecular flexibility index (Phi) is 8.50. The van der Waals surface area contributed by atoms with Crippen molar-refractivity contribution in [3.63, 3.8) is 0 Å². The molecule has 0 aromatic heterocycles. The molecule has 1 rings (SSSR count). The Morgan fingerprint density at radius 2 is 1.21 bits per heavy atom. The number of unbranched alkanes of at least 4 members (excludes halogenated alkanes) is 8. The van der Waals surface area contributed by atoms with Crippen molar-refractivity contribution in [1.29, 1.82) is 0 Å². The smallest absolute Gasteiger partial charge is 0.172 e. The number of hydrogen-bond acceptors (Lipinski definition) is 1. The summed E-state index contributed by atoms with van der Waals surface area (Å²) in [6.07, 6.45) is 14.1. The molecule has 0 aromatic carbocycles. The Bertz CT molecular complexity index is 357. The second-order valence-electron chi connectivity index (χ2n) is 10.3. The zero-order chi connectivity index (χ0) is 18.5. The van der Waals surface area contributed by atoms with E-state index in [1.807, 2.05) is 0 Å². The third kappa shape index (κ3) is 5.82. The van der Waals surface area contributed by atoms with Gasteiger partial charge < -0.3 is 4.43 Å². The van der Waals surface area contributed by atoms with Gasteiger partial charge in [-0.05, 0) is 32.5 Å². The van der Waals surface area contributed by atoms with Gasteiger partial charge in [0.25, 0.3) is 0 Å².